The van der Waals surface area contributed by atoms with Crippen LogP contribution < -0.4 is 0 Å². The Bertz CT molecular complexity index is 606. The number of pyridine rings is 1. The third-order valence-electron chi connectivity index (χ3n) is 4.16. The van der Waals surface area contributed by atoms with Crippen LogP contribution in [0, 0.1) is 0 Å². The zero-order valence-corrected chi connectivity index (χ0v) is 11.1. The van der Waals surface area contributed by atoms with Crippen molar-refractivity contribution in [1.29, 1.82) is 0 Å². The number of carbonyl (C=O) groups is 1. The molecule has 0 unspecified atom stereocenters. The molecule has 0 spiro atoms. The van der Waals surface area contributed by atoms with E-state index in [1.54, 1.807) is 19.5 Å². The van der Waals surface area contributed by atoms with Crippen LogP contribution in [0.1, 0.15) is 36.0 Å². The predicted octanol–water partition coefficient (Wildman–Crippen LogP) is 3.38. The molecule has 3 rings (SSSR count). The fraction of sp³-hybridized carbons (Fsp3) is 0.375. The summed E-state index contributed by atoms with van der Waals surface area (Å²) in [6, 6.07) is 7.70. The average molecular weight is 255 g/mol. The van der Waals surface area contributed by atoms with Crippen molar-refractivity contribution in [2.75, 3.05) is 7.11 Å². The molecule has 98 valence electrons. The number of ether oxygens (including phenoxy) is 1. The van der Waals surface area contributed by atoms with Gasteiger partial charge in [-0.2, -0.15) is 0 Å². The molecule has 1 heterocycles. The molecule has 0 amide bonds. The number of rotatable bonds is 4. The first-order valence-corrected chi connectivity index (χ1v) is 6.65. The number of benzene rings is 1. The van der Waals surface area contributed by atoms with Gasteiger partial charge in [0.25, 0.3) is 0 Å². The van der Waals surface area contributed by atoms with Gasteiger partial charge in [-0.1, -0.05) is 18.2 Å². The lowest BCUT2D eigenvalue weighted by Crippen LogP contribution is -2.41. The van der Waals surface area contributed by atoms with Crippen molar-refractivity contribution in [2.24, 2.45) is 0 Å². The Morgan fingerprint density at radius 2 is 2.21 bits per heavy atom. The molecule has 0 N–H and O–H groups in total. The van der Waals surface area contributed by atoms with Crippen LogP contribution in [0.2, 0.25) is 0 Å². The number of methoxy groups -OCH3 is 1. The second-order valence-corrected chi connectivity index (χ2v) is 5.24. The van der Waals surface area contributed by atoms with Crippen LogP contribution in [0.15, 0.2) is 36.7 Å². The highest BCUT2D eigenvalue weighted by atomic mass is 16.5. The van der Waals surface area contributed by atoms with Crippen LogP contribution in [0.4, 0.5) is 0 Å². The maximum Gasteiger partial charge on any atom is 0.166 e. The van der Waals surface area contributed by atoms with Gasteiger partial charge >= 0.3 is 0 Å². The molecule has 0 radical (unpaired) electrons. The molecule has 1 aliphatic carbocycles. The molecule has 0 bridgehead atoms. The van der Waals surface area contributed by atoms with E-state index in [0.29, 0.717) is 6.42 Å². The van der Waals surface area contributed by atoms with Crippen molar-refractivity contribution in [1.82, 2.24) is 4.98 Å². The first-order valence-electron chi connectivity index (χ1n) is 6.65. The minimum Gasteiger partial charge on any atom is -0.378 e. The molecule has 0 saturated heterocycles. The van der Waals surface area contributed by atoms with Gasteiger partial charge < -0.3 is 4.74 Å². The van der Waals surface area contributed by atoms with Gasteiger partial charge in [0.1, 0.15) is 0 Å². The second-order valence-electron chi connectivity index (χ2n) is 5.24. The van der Waals surface area contributed by atoms with E-state index in [4.69, 9.17) is 4.74 Å². The molecular formula is C16H17NO2. The largest absolute Gasteiger partial charge is 0.378 e. The number of ketones is 1. The number of Topliss-reactive ketones (excluding diaryl/α,β-unsaturated/α-hetero) is 1. The smallest absolute Gasteiger partial charge is 0.166 e. The van der Waals surface area contributed by atoms with Crippen LogP contribution in [0.25, 0.3) is 10.8 Å². The van der Waals surface area contributed by atoms with Gasteiger partial charge in [-0.05, 0) is 30.7 Å². The maximum atomic E-state index is 12.5. The van der Waals surface area contributed by atoms with Crippen molar-refractivity contribution in [3.05, 3.63) is 42.2 Å². The van der Waals surface area contributed by atoms with Gasteiger partial charge in [-0.15, -0.1) is 0 Å². The highest BCUT2D eigenvalue weighted by molar-refractivity contribution is 6.08. The minimum atomic E-state index is -0.216. The van der Waals surface area contributed by atoms with Gasteiger partial charge in [0.05, 0.1) is 5.60 Å². The summed E-state index contributed by atoms with van der Waals surface area (Å²) in [5, 5.41) is 1.99. The second kappa shape index (κ2) is 4.74. The van der Waals surface area contributed by atoms with Crippen LogP contribution in [0.3, 0.4) is 0 Å². The lowest BCUT2D eigenvalue weighted by Gasteiger charge is -2.40. The zero-order valence-electron chi connectivity index (χ0n) is 11.1. The van der Waals surface area contributed by atoms with E-state index in [2.05, 4.69) is 4.98 Å². The third-order valence-corrected chi connectivity index (χ3v) is 4.16. The van der Waals surface area contributed by atoms with E-state index in [9.17, 15) is 4.79 Å². The SMILES string of the molecule is COC1(CC(=O)c2cccc3cnccc23)CCC1. The first-order chi connectivity index (χ1) is 9.24. The summed E-state index contributed by atoms with van der Waals surface area (Å²) in [5.74, 6) is 0.165. The van der Waals surface area contributed by atoms with Crippen LogP contribution in [0.5, 0.6) is 0 Å². The molecule has 1 saturated carbocycles. The Balaban J connectivity index is 1.93. The van der Waals surface area contributed by atoms with Crippen molar-refractivity contribution >= 4 is 16.6 Å². The predicted molar refractivity (Wildman–Crippen MR) is 74.3 cm³/mol. The van der Waals surface area contributed by atoms with Crippen LogP contribution in [-0.4, -0.2) is 23.5 Å². The Labute approximate surface area is 112 Å². The van der Waals surface area contributed by atoms with Crippen LogP contribution in [-0.2, 0) is 4.74 Å². The average Bonchev–Trinajstić information content (AvgIpc) is 2.42. The number of fused-ring (bicyclic) bond motifs is 1. The summed E-state index contributed by atoms with van der Waals surface area (Å²) in [5.41, 5.74) is 0.565. The van der Waals surface area contributed by atoms with Gasteiger partial charge in [0.15, 0.2) is 5.78 Å². The Morgan fingerprint density at radius 1 is 1.37 bits per heavy atom. The van der Waals surface area contributed by atoms with E-state index in [1.807, 2.05) is 24.3 Å². The number of hydrogen-bond donors (Lipinski definition) is 0. The topological polar surface area (TPSA) is 39.2 Å². The van der Waals surface area contributed by atoms with Crippen molar-refractivity contribution in [3.63, 3.8) is 0 Å². The maximum absolute atomic E-state index is 12.5. The summed E-state index contributed by atoms with van der Waals surface area (Å²) >= 11 is 0. The normalized spacial score (nSPS) is 17.1. The number of aromatic nitrogens is 1. The Kier molecular flexibility index (Phi) is 3.07. The number of hydrogen-bond acceptors (Lipinski definition) is 3. The zero-order chi connectivity index (χ0) is 13.3. The van der Waals surface area contributed by atoms with Crippen molar-refractivity contribution in [3.8, 4) is 0 Å². The van der Waals surface area contributed by atoms with Crippen molar-refractivity contribution in [2.45, 2.75) is 31.3 Å². The lowest BCUT2D eigenvalue weighted by atomic mass is 9.75. The number of nitrogens with zero attached hydrogens (tertiary/aromatic N) is 1. The van der Waals surface area contributed by atoms with Gasteiger partial charge in [0.2, 0.25) is 0 Å². The van der Waals surface area contributed by atoms with Gasteiger partial charge in [-0.3, -0.25) is 9.78 Å². The highest BCUT2D eigenvalue weighted by Crippen LogP contribution is 2.39. The summed E-state index contributed by atoms with van der Waals surface area (Å²) in [4.78, 5) is 16.6. The summed E-state index contributed by atoms with van der Waals surface area (Å²) < 4.78 is 5.54. The molecule has 2 aromatic rings. The van der Waals surface area contributed by atoms with Gasteiger partial charge in [-0.25, -0.2) is 0 Å². The monoisotopic (exact) mass is 255 g/mol. The van der Waals surface area contributed by atoms with E-state index in [0.717, 1.165) is 35.6 Å². The molecule has 0 atom stereocenters. The fourth-order valence-corrected chi connectivity index (χ4v) is 2.78. The first kappa shape index (κ1) is 12.3. The molecule has 3 heteroatoms. The van der Waals surface area contributed by atoms with E-state index >= 15 is 0 Å². The molecule has 3 nitrogen and oxygen atoms in total. The quantitative estimate of drug-likeness (QED) is 0.786. The van der Waals surface area contributed by atoms with E-state index in [-0.39, 0.29) is 11.4 Å². The van der Waals surface area contributed by atoms with Crippen LogP contribution >= 0.6 is 0 Å². The van der Waals surface area contributed by atoms with Crippen molar-refractivity contribution < 1.29 is 9.53 Å². The van der Waals surface area contributed by atoms with E-state index < -0.39 is 0 Å². The molecule has 0 aliphatic heterocycles. The number of carbonyl (C=O) groups excluding carboxylic acids is 1. The summed E-state index contributed by atoms with van der Waals surface area (Å²) in [6.45, 7) is 0. The molecule has 1 aromatic heterocycles. The molecule has 1 aromatic carbocycles. The molecule has 19 heavy (non-hydrogen) atoms. The molecule has 1 aliphatic rings. The summed E-state index contributed by atoms with van der Waals surface area (Å²) in [6.07, 6.45) is 7.13. The Hall–Kier alpha value is -1.74. The third kappa shape index (κ3) is 2.15. The Morgan fingerprint density at radius 3 is 2.89 bits per heavy atom. The molecule has 1 fully saturated rings. The molecular weight excluding hydrogens is 238 g/mol. The lowest BCUT2D eigenvalue weighted by molar-refractivity contribution is -0.0704. The standard InChI is InChI=1S/C16H17NO2/c1-19-16(7-3-8-16)10-15(18)14-5-2-4-12-11-17-9-6-13(12)14/h2,4-6,9,11H,3,7-8,10H2,1H3. The highest BCUT2D eigenvalue weighted by Gasteiger charge is 2.39. The van der Waals surface area contributed by atoms with Gasteiger partial charge in [0, 0.05) is 36.9 Å². The minimum absolute atomic E-state index is 0.165. The fourth-order valence-electron chi connectivity index (χ4n) is 2.78. The van der Waals surface area contributed by atoms with E-state index in [1.165, 1.54) is 0 Å². The summed E-state index contributed by atoms with van der Waals surface area (Å²) in [7, 11) is 1.71.